The van der Waals surface area contributed by atoms with Gasteiger partial charge in [-0.1, -0.05) is 0 Å². The molecule has 0 aliphatic heterocycles. The zero-order valence-electron chi connectivity index (χ0n) is 8.82. The summed E-state index contributed by atoms with van der Waals surface area (Å²) in [5.74, 6) is -4.19. The number of carbonyl (C=O) groups excluding carboxylic acids is 1. The standard InChI is InChI=1S/C11H6F3N3O/c12-7-3-6(4-8(13)10(7)14)9-1-2-15-11(17-9)16-5-18/h1-5H,(H,15,16,17,18). The molecule has 0 radical (unpaired) electrons. The number of aromatic nitrogens is 2. The van der Waals surface area contributed by atoms with E-state index in [2.05, 4.69) is 15.3 Å². The van der Waals surface area contributed by atoms with E-state index >= 15 is 0 Å². The number of nitrogens with one attached hydrogen (secondary N) is 1. The summed E-state index contributed by atoms with van der Waals surface area (Å²) in [4.78, 5) is 17.8. The first-order valence-electron chi connectivity index (χ1n) is 4.80. The zero-order chi connectivity index (χ0) is 13.1. The van der Waals surface area contributed by atoms with E-state index in [0.717, 1.165) is 12.1 Å². The van der Waals surface area contributed by atoms with Crippen LogP contribution in [0.25, 0.3) is 11.3 Å². The molecule has 0 aliphatic carbocycles. The highest BCUT2D eigenvalue weighted by Crippen LogP contribution is 2.22. The number of benzene rings is 1. The minimum absolute atomic E-state index is 0.0207. The van der Waals surface area contributed by atoms with Crippen molar-refractivity contribution in [2.75, 3.05) is 5.32 Å². The second-order valence-corrected chi connectivity index (χ2v) is 3.28. The summed E-state index contributed by atoms with van der Waals surface area (Å²) in [6.07, 6.45) is 1.66. The molecule has 92 valence electrons. The van der Waals surface area contributed by atoms with Crippen molar-refractivity contribution in [1.29, 1.82) is 0 Å². The van der Waals surface area contributed by atoms with Gasteiger partial charge in [-0.2, -0.15) is 0 Å². The summed E-state index contributed by atoms with van der Waals surface area (Å²) in [5.41, 5.74) is 0.204. The summed E-state index contributed by atoms with van der Waals surface area (Å²) in [6.45, 7) is 0. The molecule has 0 atom stereocenters. The lowest BCUT2D eigenvalue weighted by Crippen LogP contribution is -2.01. The van der Waals surface area contributed by atoms with Gasteiger partial charge in [-0.25, -0.2) is 23.1 Å². The number of halogens is 3. The molecule has 1 aromatic heterocycles. The molecule has 18 heavy (non-hydrogen) atoms. The maximum atomic E-state index is 13.0. The van der Waals surface area contributed by atoms with Crippen molar-refractivity contribution in [1.82, 2.24) is 9.97 Å². The Bertz CT molecular complexity index is 581. The van der Waals surface area contributed by atoms with E-state index in [1.54, 1.807) is 0 Å². The highest BCUT2D eigenvalue weighted by atomic mass is 19.2. The van der Waals surface area contributed by atoms with E-state index in [9.17, 15) is 18.0 Å². The summed E-state index contributed by atoms with van der Waals surface area (Å²) < 4.78 is 38.9. The maximum absolute atomic E-state index is 13.0. The molecule has 4 nitrogen and oxygen atoms in total. The van der Waals surface area contributed by atoms with E-state index in [1.165, 1.54) is 12.3 Å². The molecule has 0 unspecified atom stereocenters. The van der Waals surface area contributed by atoms with Crippen LogP contribution in [0.15, 0.2) is 24.4 Å². The molecule has 0 saturated heterocycles. The number of hydrogen-bond donors (Lipinski definition) is 1. The first kappa shape index (κ1) is 12.0. The lowest BCUT2D eigenvalue weighted by Gasteiger charge is -2.04. The zero-order valence-corrected chi connectivity index (χ0v) is 8.82. The largest absolute Gasteiger partial charge is 0.297 e. The summed E-state index contributed by atoms with van der Waals surface area (Å²) in [5, 5.41) is 2.19. The Morgan fingerprint density at radius 2 is 1.83 bits per heavy atom. The van der Waals surface area contributed by atoms with Crippen LogP contribution >= 0.6 is 0 Å². The third-order valence-electron chi connectivity index (χ3n) is 2.12. The molecule has 2 rings (SSSR count). The van der Waals surface area contributed by atoms with Gasteiger partial charge < -0.3 is 0 Å². The molecule has 1 N–H and O–H groups in total. The van der Waals surface area contributed by atoms with Crippen LogP contribution in [-0.4, -0.2) is 16.4 Å². The number of rotatable bonds is 3. The Hall–Kier alpha value is -2.44. The van der Waals surface area contributed by atoms with E-state index in [-0.39, 0.29) is 17.2 Å². The van der Waals surface area contributed by atoms with Gasteiger partial charge in [0.1, 0.15) is 0 Å². The Morgan fingerprint density at radius 1 is 1.17 bits per heavy atom. The van der Waals surface area contributed by atoms with Gasteiger partial charge in [0, 0.05) is 11.8 Å². The number of carbonyl (C=O) groups is 1. The summed E-state index contributed by atoms with van der Waals surface area (Å²) in [7, 11) is 0. The van der Waals surface area contributed by atoms with Crippen molar-refractivity contribution in [2.24, 2.45) is 0 Å². The van der Waals surface area contributed by atoms with Gasteiger partial charge >= 0.3 is 0 Å². The van der Waals surface area contributed by atoms with Crippen LogP contribution in [0, 0.1) is 17.5 Å². The van der Waals surface area contributed by atoms with Gasteiger partial charge in [0.2, 0.25) is 12.4 Å². The Morgan fingerprint density at radius 3 is 2.44 bits per heavy atom. The number of hydrogen-bond acceptors (Lipinski definition) is 3. The topological polar surface area (TPSA) is 54.9 Å². The van der Waals surface area contributed by atoms with Crippen LogP contribution in [0.3, 0.4) is 0 Å². The SMILES string of the molecule is O=CNc1nccc(-c2cc(F)c(F)c(F)c2)n1. The van der Waals surface area contributed by atoms with Crippen LogP contribution in [0.2, 0.25) is 0 Å². The lowest BCUT2D eigenvalue weighted by molar-refractivity contribution is -0.105. The quantitative estimate of drug-likeness (QED) is 0.673. The molecule has 7 heteroatoms. The van der Waals surface area contributed by atoms with Crippen molar-refractivity contribution < 1.29 is 18.0 Å². The highest BCUT2D eigenvalue weighted by Gasteiger charge is 2.12. The fourth-order valence-electron chi connectivity index (χ4n) is 1.35. The van der Waals surface area contributed by atoms with Crippen molar-refractivity contribution in [3.05, 3.63) is 41.8 Å². The van der Waals surface area contributed by atoms with E-state index in [1.807, 2.05) is 0 Å². The van der Waals surface area contributed by atoms with Gasteiger partial charge in [-0.3, -0.25) is 10.1 Å². The van der Waals surface area contributed by atoms with Gasteiger partial charge in [0.05, 0.1) is 5.69 Å². The summed E-state index contributed by atoms with van der Waals surface area (Å²) in [6, 6.07) is 3.00. The predicted molar refractivity (Wildman–Crippen MR) is 57.0 cm³/mol. The first-order chi connectivity index (χ1) is 8.61. The lowest BCUT2D eigenvalue weighted by atomic mass is 10.1. The minimum Gasteiger partial charge on any atom is -0.297 e. The fourth-order valence-corrected chi connectivity index (χ4v) is 1.35. The molecule has 0 bridgehead atoms. The Labute approximate surface area is 99.5 Å². The second kappa shape index (κ2) is 4.82. The number of nitrogens with zero attached hydrogens (tertiary/aromatic N) is 2. The fraction of sp³-hybridized carbons (Fsp3) is 0. The van der Waals surface area contributed by atoms with Crippen LogP contribution < -0.4 is 5.32 Å². The number of amides is 1. The molecule has 0 aliphatic rings. The van der Waals surface area contributed by atoms with E-state index in [4.69, 9.17) is 0 Å². The first-order valence-corrected chi connectivity index (χ1v) is 4.80. The normalized spacial score (nSPS) is 10.2. The minimum atomic E-state index is -1.54. The smallest absolute Gasteiger partial charge is 0.229 e. The molecular weight excluding hydrogens is 247 g/mol. The molecule has 2 aromatic rings. The van der Waals surface area contributed by atoms with Crippen LogP contribution in [0.4, 0.5) is 19.1 Å². The average Bonchev–Trinajstić information content (AvgIpc) is 2.36. The monoisotopic (exact) mass is 253 g/mol. The van der Waals surface area contributed by atoms with E-state index in [0.29, 0.717) is 6.41 Å². The van der Waals surface area contributed by atoms with Gasteiger partial charge in [-0.05, 0) is 18.2 Å². The van der Waals surface area contributed by atoms with Crippen LogP contribution in [0.1, 0.15) is 0 Å². The van der Waals surface area contributed by atoms with E-state index < -0.39 is 17.5 Å². The van der Waals surface area contributed by atoms with Crippen LogP contribution in [-0.2, 0) is 4.79 Å². The van der Waals surface area contributed by atoms with Crippen molar-refractivity contribution >= 4 is 12.4 Å². The highest BCUT2D eigenvalue weighted by molar-refractivity contribution is 5.68. The molecular formula is C11H6F3N3O. The molecule has 0 saturated carbocycles. The van der Waals surface area contributed by atoms with Crippen LogP contribution in [0.5, 0.6) is 0 Å². The van der Waals surface area contributed by atoms with Crippen molar-refractivity contribution in [3.8, 4) is 11.3 Å². The molecule has 0 spiro atoms. The Balaban J connectivity index is 2.48. The molecule has 1 aromatic carbocycles. The predicted octanol–water partition coefficient (Wildman–Crippen LogP) is 2.13. The third kappa shape index (κ3) is 2.29. The molecule has 1 heterocycles. The summed E-state index contributed by atoms with van der Waals surface area (Å²) >= 11 is 0. The van der Waals surface area contributed by atoms with Crippen molar-refractivity contribution in [3.63, 3.8) is 0 Å². The molecule has 1 amide bonds. The Kier molecular flexibility index (Phi) is 3.22. The average molecular weight is 253 g/mol. The number of anilines is 1. The van der Waals surface area contributed by atoms with Gasteiger partial charge in [0.15, 0.2) is 17.5 Å². The molecule has 0 fully saturated rings. The van der Waals surface area contributed by atoms with Gasteiger partial charge in [0.25, 0.3) is 0 Å². The van der Waals surface area contributed by atoms with Crippen molar-refractivity contribution in [2.45, 2.75) is 0 Å². The van der Waals surface area contributed by atoms with Gasteiger partial charge in [-0.15, -0.1) is 0 Å². The third-order valence-corrected chi connectivity index (χ3v) is 2.12. The second-order valence-electron chi connectivity index (χ2n) is 3.28. The maximum Gasteiger partial charge on any atom is 0.229 e.